The third-order valence-electron chi connectivity index (χ3n) is 5.39. The fraction of sp³-hybridized carbons (Fsp3) is 0.600. The highest BCUT2D eigenvalue weighted by atomic mass is 19.1. The number of rotatable bonds is 14. The summed E-state index contributed by atoms with van der Waals surface area (Å²) >= 11 is 0. The fourth-order valence-electron chi connectivity index (χ4n) is 3.52. The first-order chi connectivity index (χ1) is 13.7. The van der Waals surface area contributed by atoms with Crippen molar-refractivity contribution in [2.45, 2.75) is 97.3 Å². The van der Waals surface area contributed by atoms with Gasteiger partial charge in [-0.1, -0.05) is 95.9 Å². The molecule has 2 aromatic rings. The molecule has 0 amide bonds. The highest BCUT2D eigenvalue weighted by molar-refractivity contribution is 5.55. The molecule has 0 N–H and O–H groups in total. The predicted octanol–water partition coefficient (Wildman–Crippen LogP) is 7.70. The summed E-state index contributed by atoms with van der Waals surface area (Å²) < 4.78 is 14.4. The van der Waals surface area contributed by atoms with Gasteiger partial charge in [0.25, 0.3) is 0 Å². The molecule has 154 valence electrons. The lowest BCUT2D eigenvalue weighted by molar-refractivity contribution is 0.542. The first-order valence-corrected chi connectivity index (χ1v) is 11.3. The molecule has 0 fully saturated rings. The maximum absolute atomic E-state index is 14.4. The fourth-order valence-corrected chi connectivity index (χ4v) is 3.52. The van der Waals surface area contributed by atoms with Crippen LogP contribution in [0.2, 0.25) is 0 Å². The Hall–Kier alpha value is -1.77. The molecule has 0 aliphatic heterocycles. The zero-order chi connectivity index (χ0) is 20.0. The number of hydrogen-bond acceptors (Lipinski definition) is 2. The molecular formula is C25H37FN2. The van der Waals surface area contributed by atoms with Gasteiger partial charge < -0.3 is 0 Å². The molecule has 0 bridgehead atoms. The van der Waals surface area contributed by atoms with Gasteiger partial charge in [-0.05, 0) is 31.2 Å². The van der Waals surface area contributed by atoms with Crippen LogP contribution < -0.4 is 0 Å². The number of unbranched alkanes of at least 4 members (excludes halogenated alkanes) is 9. The van der Waals surface area contributed by atoms with Crippen LogP contribution in [-0.2, 0) is 12.8 Å². The van der Waals surface area contributed by atoms with E-state index >= 15 is 0 Å². The first kappa shape index (κ1) is 22.5. The number of nitrogens with zero attached hydrogens (tertiary/aromatic N) is 2. The van der Waals surface area contributed by atoms with Crippen LogP contribution in [0.25, 0.3) is 11.4 Å². The number of benzene rings is 1. The third kappa shape index (κ3) is 8.08. The van der Waals surface area contributed by atoms with Crippen LogP contribution >= 0.6 is 0 Å². The summed E-state index contributed by atoms with van der Waals surface area (Å²) in [4.78, 5) is 8.52. The highest BCUT2D eigenvalue weighted by Crippen LogP contribution is 2.19. The number of halogens is 1. The summed E-state index contributed by atoms with van der Waals surface area (Å²) in [6.07, 6.45) is 17.3. The van der Waals surface area contributed by atoms with Gasteiger partial charge in [0.05, 0.1) is 0 Å². The smallest absolute Gasteiger partial charge is 0.219 e. The lowest BCUT2D eigenvalue weighted by atomic mass is 10.0. The number of aryl methyl sites for hydroxylation is 2. The number of hydrogen-bond donors (Lipinski definition) is 0. The lowest BCUT2D eigenvalue weighted by Crippen LogP contribution is -1.99. The van der Waals surface area contributed by atoms with E-state index in [1.165, 1.54) is 63.4 Å². The van der Waals surface area contributed by atoms with Gasteiger partial charge in [0.2, 0.25) is 5.95 Å². The molecule has 0 spiro atoms. The maximum atomic E-state index is 14.4. The zero-order valence-corrected chi connectivity index (χ0v) is 17.9. The van der Waals surface area contributed by atoms with Crippen molar-refractivity contribution in [1.82, 2.24) is 9.97 Å². The van der Waals surface area contributed by atoms with E-state index in [-0.39, 0.29) is 5.95 Å². The summed E-state index contributed by atoms with van der Waals surface area (Å²) in [5.74, 6) is 0.120. The highest BCUT2D eigenvalue weighted by Gasteiger charge is 2.08. The third-order valence-corrected chi connectivity index (χ3v) is 5.39. The quantitative estimate of drug-likeness (QED) is 0.246. The molecular weight excluding hydrogens is 347 g/mol. The predicted molar refractivity (Wildman–Crippen MR) is 117 cm³/mol. The minimum absolute atomic E-state index is 0.361. The molecule has 0 aliphatic carbocycles. The van der Waals surface area contributed by atoms with E-state index in [9.17, 15) is 4.39 Å². The van der Waals surface area contributed by atoms with Crippen molar-refractivity contribution in [3.8, 4) is 11.4 Å². The van der Waals surface area contributed by atoms with E-state index in [1.807, 2.05) is 12.1 Å². The molecule has 1 aromatic carbocycles. The Morgan fingerprint density at radius 3 is 1.93 bits per heavy atom. The average Bonchev–Trinajstić information content (AvgIpc) is 2.72. The van der Waals surface area contributed by atoms with Crippen molar-refractivity contribution in [2.75, 3.05) is 0 Å². The molecule has 28 heavy (non-hydrogen) atoms. The Labute approximate surface area is 171 Å². The Kier molecular flexibility index (Phi) is 10.8. The molecule has 3 heteroatoms. The molecule has 0 atom stereocenters. The van der Waals surface area contributed by atoms with Gasteiger partial charge in [-0.3, -0.25) is 0 Å². The summed E-state index contributed by atoms with van der Waals surface area (Å²) in [7, 11) is 0. The molecule has 1 heterocycles. The van der Waals surface area contributed by atoms with E-state index in [2.05, 4.69) is 35.9 Å². The van der Waals surface area contributed by atoms with Crippen molar-refractivity contribution >= 4 is 0 Å². The second-order valence-electron chi connectivity index (χ2n) is 7.89. The summed E-state index contributed by atoms with van der Waals surface area (Å²) in [5, 5.41) is 0. The molecule has 0 saturated carbocycles. The van der Waals surface area contributed by atoms with Crippen molar-refractivity contribution in [3.63, 3.8) is 0 Å². The zero-order valence-electron chi connectivity index (χ0n) is 17.9. The van der Waals surface area contributed by atoms with Crippen LogP contribution in [0.3, 0.4) is 0 Å². The molecule has 2 nitrogen and oxygen atoms in total. The van der Waals surface area contributed by atoms with Crippen LogP contribution in [-0.4, -0.2) is 9.97 Å². The molecule has 0 saturated heterocycles. The minimum atomic E-state index is -0.361. The van der Waals surface area contributed by atoms with Crippen molar-refractivity contribution < 1.29 is 4.39 Å². The van der Waals surface area contributed by atoms with Crippen LogP contribution in [0, 0.1) is 5.95 Å². The minimum Gasteiger partial charge on any atom is -0.236 e. The average molecular weight is 385 g/mol. The Balaban J connectivity index is 1.74. The molecule has 0 radical (unpaired) electrons. The van der Waals surface area contributed by atoms with Crippen molar-refractivity contribution in [1.29, 1.82) is 0 Å². The van der Waals surface area contributed by atoms with Crippen LogP contribution in [0.4, 0.5) is 4.39 Å². The van der Waals surface area contributed by atoms with E-state index < -0.39 is 0 Å². The summed E-state index contributed by atoms with van der Waals surface area (Å²) in [5.41, 5.74) is 2.84. The van der Waals surface area contributed by atoms with Gasteiger partial charge in [0, 0.05) is 17.3 Å². The van der Waals surface area contributed by atoms with Gasteiger partial charge in [0.15, 0.2) is 5.82 Å². The Morgan fingerprint density at radius 2 is 1.32 bits per heavy atom. The topological polar surface area (TPSA) is 25.8 Å². The van der Waals surface area contributed by atoms with Crippen molar-refractivity contribution in [2.24, 2.45) is 0 Å². The van der Waals surface area contributed by atoms with Gasteiger partial charge >= 0.3 is 0 Å². The summed E-state index contributed by atoms with van der Waals surface area (Å²) in [6, 6.07) is 8.20. The van der Waals surface area contributed by atoms with Gasteiger partial charge in [0.1, 0.15) is 0 Å². The van der Waals surface area contributed by atoms with Crippen LogP contribution in [0.15, 0.2) is 30.5 Å². The molecule has 0 unspecified atom stereocenters. The second kappa shape index (κ2) is 13.4. The maximum Gasteiger partial charge on any atom is 0.219 e. The Morgan fingerprint density at radius 1 is 0.714 bits per heavy atom. The Bertz CT molecular complexity index is 667. The monoisotopic (exact) mass is 384 g/mol. The molecule has 1 aromatic heterocycles. The SMILES string of the molecule is CCCCCCCCCCCc1cnc(-c2ccc(CCCC)cc2)nc1F. The molecule has 0 aliphatic rings. The van der Waals surface area contributed by atoms with E-state index in [0.29, 0.717) is 11.4 Å². The largest absolute Gasteiger partial charge is 0.236 e. The second-order valence-corrected chi connectivity index (χ2v) is 7.89. The van der Waals surface area contributed by atoms with Crippen LogP contribution in [0.1, 0.15) is 95.6 Å². The standard InChI is InChI=1S/C25H37FN2/c1-3-5-7-8-9-10-11-12-13-15-23-20-27-25(28-24(23)26)22-18-16-21(17-19-22)14-6-4-2/h16-20H,3-15H2,1-2H3. The summed E-state index contributed by atoms with van der Waals surface area (Å²) in [6.45, 7) is 4.45. The normalized spacial score (nSPS) is 11.1. The van der Waals surface area contributed by atoms with Crippen molar-refractivity contribution in [3.05, 3.63) is 47.5 Å². The van der Waals surface area contributed by atoms with Crippen LogP contribution in [0.5, 0.6) is 0 Å². The molecule has 2 rings (SSSR count). The lowest BCUT2D eigenvalue weighted by Gasteiger charge is -2.06. The number of aromatic nitrogens is 2. The van der Waals surface area contributed by atoms with E-state index in [1.54, 1.807) is 6.20 Å². The van der Waals surface area contributed by atoms with E-state index in [0.717, 1.165) is 31.2 Å². The van der Waals surface area contributed by atoms with E-state index in [4.69, 9.17) is 0 Å². The van der Waals surface area contributed by atoms with Gasteiger partial charge in [-0.15, -0.1) is 0 Å². The first-order valence-electron chi connectivity index (χ1n) is 11.3. The van der Waals surface area contributed by atoms with Gasteiger partial charge in [-0.2, -0.15) is 9.37 Å². The van der Waals surface area contributed by atoms with Gasteiger partial charge in [-0.25, -0.2) is 4.98 Å².